The van der Waals surface area contributed by atoms with E-state index in [1.807, 2.05) is 60.8 Å². The summed E-state index contributed by atoms with van der Waals surface area (Å²) in [5, 5.41) is 12.3. The highest BCUT2D eigenvalue weighted by atomic mass is 79.9. The second-order valence-electron chi connectivity index (χ2n) is 6.40. The molecule has 0 saturated heterocycles. The lowest BCUT2D eigenvalue weighted by Gasteiger charge is -2.07. The second kappa shape index (κ2) is 8.40. The van der Waals surface area contributed by atoms with Crippen molar-refractivity contribution in [3.63, 3.8) is 0 Å². The fourth-order valence-corrected chi connectivity index (χ4v) is 3.97. The maximum absolute atomic E-state index is 12.6. The molecule has 0 aliphatic carbocycles. The molecule has 29 heavy (non-hydrogen) atoms. The first-order chi connectivity index (χ1) is 14.0. The Morgan fingerprint density at radius 2 is 1.86 bits per heavy atom. The molecule has 0 fully saturated rings. The fourth-order valence-electron chi connectivity index (χ4n) is 2.77. The number of anilines is 1. The Morgan fingerprint density at radius 1 is 1.17 bits per heavy atom. The zero-order chi connectivity index (χ0) is 20.4. The summed E-state index contributed by atoms with van der Waals surface area (Å²) in [6, 6.07) is 15.8. The number of aromatic amines is 1. The first-order valence-corrected chi connectivity index (χ1v) is 10.8. The van der Waals surface area contributed by atoms with E-state index in [0.717, 1.165) is 26.9 Å². The number of hydrogen-bond acceptors (Lipinski definition) is 5. The van der Waals surface area contributed by atoms with Gasteiger partial charge >= 0.3 is 0 Å². The van der Waals surface area contributed by atoms with Crippen LogP contribution in [0.3, 0.4) is 0 Å². The van der Waals surface area contributed by atoms with Crippen LogP contribution in [0.1, 0.15) is 5.56 Å². The standard InChI is InChI=1S/C20H16BrN5OS2/c1-12-2-4-14(5-3-12)18-24-25-20(28)26(18)10-17(27)23-19-22-16(11-29-19)13-6-8-15(21)9-7-13/h2-9,11H,10H2,1H3,(H,25,28)(H,22,23,27). The van der Waals surface area contributed by atoms with Gasteiger partial charge in [-0.2, -0.15) is 5.10 Å². The number of benzene rings is 2. The minimum Gasteiger partial charge on any atom is -0.300 e. The van der Waals surface area contributed by atoms with Gasteiger partial charge < -0.3 is 5.32 Å². The van der Waals surface area contributed by atoms with E-state index in [2.05, 4.69) is 36.4 Å². The summed E-state index contributed by atoms with van der Waals surface area (Å²) in [4.78, 5) is 17.1. The molecule has 2 aromatic heterocycles. The number of nitrogens with zero attached hydrogens (tertiary/aromatic N) is 3. The van der Waals surface area contributed by atoms with Crippen molar-refractivity contribution in [2.45, 2.75) is 13.5 Å². The average Bonchev–Trinajstić information content (AvgIpc) is 3.31. The minimum atomic E-state index is -0.215. The molecule has 0 spiro atoms. The highest BCUT2D eigenvalue weighted by Gasteiger charge is 2.14. The molecule has 2 heterocycles. The van der Waals surface area contributed by atoms with Gasteiger partial charge in [-0.25, -0.2) is 4.98 Å². The number of halogens is 1. The topological polar surface area (TPSA) is 75.6 Å². The van der Waals surface area contributed by atoms with Gasteiger partial charge in [-0.1, -0.05) is 57.9 Å². The Labute approximate surface area is 184 Å². The van der Waals surface area contributed by atoms with E-state index in [9.17, 15) is 4.79 Å². The molecular formula is C20H16BrN5OS2. The number of aromatic nitrogens is 4. The predicted octanol–water partition coefficient (Wildman–Crippen LogP) is 5.44. The number of H-pyrrole nitrogens is 1. The molecule has 2 aromatic carbocycles. The van der Waals surface area contributed by atoms with E-state index < -0.39 is 0 Å². The first kappa shape index (κ1) is 19.7. The molecule has 0 saturated carbocycles. The summed E-state index contributed by atoms with van der Waals surface area (Å²) in [6.07, 6.45) is 0. The summed E-state index contributed by atoms with van der Waals surface area (Å²) >= 11 is 10.1. The number of rotatable bonds is 5. The number of aryl methyl sites for hydroxylation is 1. The molecule has 0 atom stereocenters. The van der Waals surface area contributed by atoms with Gasteiger partial charge in [-0.15, -0.1) is 11.3 Å². The van der Waals surface area contributed by atoms with Crippen LogP contribution in [0.4, 0.5) is 5.13 Å². The van der Waals surface area contributed by atoms with Crippen molar-refractivity contribution in [2.24, 2.45) is 0 Å². The highest BCUT2D eigenvalue weighted by molar-refractivity contribution is 9.10. The SMILES string of the molecule is Cc1ccc(-c2n[nH]c(=S)n2CC(=O)Nc2nc(-c3ccc(Br)cc3)cs2)cc1. The third kappa shape index (κ3) is 4.52. The molecule has 2 N–H and O–H groups in total. The lowest BCUT2D eigenvalue weighted by molar-refractivity contribution is -0.116. The van der Waals surface area contributed by atoms with Gasteiger partial charge in [0.1, 0.15) is 6.54 Å². The van der Waals surface area contributed by atoms with Crippen LogP contribution in [-0.2, 0) is 11.3 Å². The van der Waals surface area contributed by atoms with Crippen molar-refractivity contribution in [1.29, 1.82) is 0 Å². The molecule has 0 radical (unpaired) electrons. The van der Waals surface area contributed by atoms with E-state index >= 15 is 0 Å². The number of carbonyl (C=O) groups excluding carboxylic acids is 1. The average molecular weight is 486 g/mol. The van der Waals surface area contributed by atoms with Crippen LogP contribution in [0.5, 0.6) is 0 Å². The Hall–Kier alpha value is -2.62. The quantitative estimate of drug-likeness (QED) is 0.369. The van der Waals surface area contributed by atoms with Crippen LogP contribution < -0.4 is 5.32 Å². The Morgan fingerprint density at radius 3 is 2.59 bits per heavy atom. The van der Waals surface area contributed by atoms with Crippen LogP contribution >= 0.6 is 39.5 Å². The van der Waals surface area contributed by atoms with Gasteiger partial charge in [0.2, 0.25) is 5.91 Å². The Balaban J connectivity index is 1.50. The van der Waals surface area contributed by atoms with Crippen molar-refractivity contribution >= 4 is 50.5 Å². The van der Waals surface area contributed by atoms with Crippen LogP contribution in [0.15, 0.2) is 58.4 Å². The predicted molar refractivity (Wildman–Crippen MR) is 121 cm³/mol. The number of nitrogens with one attached hydrogen (secondary N) is 2. The van der Waals surface area contributed by atoms with E-state index in [0.29, 0.717) is 15.7 Å². The molecule has 4 rings (SSSR count). The zero-order valence-electron chi connectivity index (χ0n) is 15.3. The summed E-state index contributed by atoms with van der Waals surface area (Å²) < 4.78 is 3.08. The minimum absolute atomic E-state index is 0.0474. The van der Waals surface area contributed by atoms with E-state index in [1.54, 1.807) is 4.57 Å². The van der Waals surface area contributed by atoms with Gasteiger partial charge in [0.05, 0.1) is 5.69 Å². The maximum Gasteiger partial charge on any atom is 0.246 e. The Bertz CT molecular complexity index is 1210. The van der Waals surface area contributed by atoms with Gasteiger partial charge in [0.15, 0.2) is 15.7 Å². The van der Waals surface area contributed by atoms with Crippen LogP contribution in [0, 0.1) is 11.7 Å². The van der Waals surface area contributed by atoms with Crippen molar-refractivity contribution < 1.29 is 4.79 Å². The molecule has 9 heteroatoms. The zero-order valence-corrected chi connectivity index (χ0v) is 18.6. The molecule has 6 nitrogen and oxygen atoms in total. The van der Waals surface area contributed by atoms with Crippen molar-refractivity contribution in [1.82, 2.24) is 19.7 Å². The van der Waals surface area contributed by atoms with Crippen LogP contribution in [-0.4, -0.2) is 25.7 Å². The Kier molecular flexibility index (Phi) is 5.70. The van der Waals surface area contributed by atoms with E-state index in [1.165, 1.54) is 11.3 Å². The first-order valence-electron chi connectivity index (χ1n) is 8.73. The van der Waals surface area contributed by atoms with Crippen molar-refractivity contribution in [3.8, 4) is 22.6 Å². The maximum atomic E-state index is 12.6. The summed E-state index contributed by atoms with van der Waals surface area (Å²) in [5.74, 6) is 0.410. The van der Waals surface area contributed by atoms with Crippen LogP contribution in [0.2, 0.25) is 0 Å². The lowest BCUT2D eigenvalue weighted by Crippen LogP contribution is -2.19. The number of amides is 1. The molecule has 4 aromatic rings. The van der Waals surface area contributed by atoms with Crippen LogP contribution in [0.25, 0.3) is 22.6 Å². The largest absolute Gasteiger partial charge is 0.300 e. The lowest BCUT2D eigenvalue weighted by atomic mass is 10.1. The molecule has 146 valence electrons. The van der Waals surface area contributed by atoms with Gasteiger partial charge in [0.25, 0.3) is 0 Å². The van der Waals surface area contributed by atoms with E-state index in [4.69, 9.17) is 12.2 Å². The van der Waals surface area contributed by atoms with Crippen molar-refractivity contribution in [2.75, 3.05) is 5.32 Å². The number of carbonyl (C=O) groups is 1. The summed E-state index contributed by atoms with van der Waals surface area (Å²) in [5.41, 5.74) is 3.85. The van der Waals surface area contributed by atoms with Gasteiger partial charge in [-0.05, 0) is 31.3 Å². The molecule has 1 amide bonds. The smallest absolute Gasteiger partial charge is 0.246 e. The van der Waals surface area contributed by atoms with Crippen molar-refractivity contribution in [3.05, 3.63) is 68.7 Å². The number of thiazole rings is 1. The summed E-state index contributed by atoms with van der Waals surface area (Å²) in [6.45, 7) is 2.07. The van der Waals surface area contributed by atoms with Gasteiger partial charge in [0, 0.05) is 21.0 Å². The third-order valence-corrected chi connectivity index (χ3v) is 5.86. The normalized spacial score (nSPS) is 10.8. The molecular weight excluding hydrogens is 470 g/mol. The molecule has 0 bridgehead atoms. The second-order valence-corrected chi connectivity index (χ2v) is 8.56. The fraction of sp³-hybridized carbons (Fsp3) is 0.100. The molecule has 0 unspecified atom stereocenters. The number of hydrogen-bond donors (Lipinski definition) is 2. The van der Waals surface area contributed by atoms with Gasteiger partial charge in [-0.3, -0.25) is 14.5 Å². The van der Waals surface area contributed by atoms with E-state index in [-0.39, 0.29) is 12.5 Å². The molecule has 0 aliphatic rings. The summed E-state index contributed by atoms with van der Waals surface area (Å²) in [7, 11) is 0. The molecule has 0 aliphatic heterocycles. The third-order valence-electron chi connectivity index (χ3n) is 4.26. The monoisotopic (exact) mass is 485 g/mol. The highest BCUT2D eigenvalue weighted by Crippen LogP contribution is 2.26.